The highest BCUT2D eigenvalue weighted by molar-refractivity contribution is 5.93. The lowest BCUT2D eigenvalue weighted by Crippen LogP contribution is -2.35. The Labute approximate surface area is 183 Å². The van der Waals surface area contributed by atoms with Crippen molar-refractivity contribution in [1.82, 2.24) is 9.55 Å². The van der Waals surface area contributed by atoms with E-state index < -0.39 is 0 Å². The number of benzene rings is 2. The normalized spacial score (nSPS) is 16.7. The van der Waals surface area contributed by atoms with Crippen molar-refractivity contribution in [3.8, 4) is 0 Å². The number of halogens is 1. The Balaban J connectivity index is 1.56. The molecule has 0 spiro atoms. The topological polar surface area (TPSA) is 21.1 Å². The molecule has 1 aliphatic heterocycles. The van der Waals surface area contributed by atoms with Crippen molar-refractivity contribution in [1.29, 1.82) is 0 Å². The minimum absolute atomic E-state index is 0.198. The van der Waals surface area contributed by atoms with Gasteiger partial charge in [-0.1, -0.05) is 42.5 Å². The van der Waals surface area contributed by atoms with Crippen LogP contribution in [0.1, 0.15) is 41.1 Å². The molecule has 3 heterocycles. The van der Waals surface area contributed by atoms with Crippen LogP contribution in [0, 0.1) is 19.7 Å². The molecule has 4 heteroatoms. The molecule has 1 atom stereocenters. The van der Waals surface area contributed by atoms with E-state index in [9.17, 15) is 4.39 Å². The van der Waals surface area contributed by atoms with Crippen LogP contribution in [0.3, 0.4) is 0 Å². The van der Waals surface area contributed by atoms with Crippen molar-refractivity contribution >= 4 is 16.7 Å². The number of piperidine rings is 1. The molecule has 158 valence electrons. The standard InChI is InChI=1S/C27H28FN3/c1-19-20(2)31(17-21-10-12-24(28)13-11-21)26-25(19)14-15-29-27(26)30-16-6-9-23(18-30)22-7-4-3-5-8-22/h3-5,7-8,10-15,23H,6,9,16-18H2,1-2H3. The first-order valence-electron chi connectivity index (χ1n) is 11.1. The van der Waals surface area contributed by atoms with Crippen LogP contribution in [-0.2, 0) is 6.54 Å². The SMILES string of the molecule is Cc1c(C)n(Cc2ccc(F)cc2)c2c(N3CCCC(c4ccccc4)C3)nccc12. The van der Waals surface area contributed by atoms with E-state index in [-0.39, 0.29) is 5.82 Å². The van der Waals surface area contributed by atoms with Crippen LogP contribution in [-0.4, -0.2) is 22.6 Å². The van der Waals surface area contributed by atoms with E-state index in [1.165, 1.54) is 46.3 Å². The molecule has 0 radical (unpaired) electrons. The Morgan fingerprint density at radius 1 is 1.00 bits per heavy atom. The highest BCUT2D eigenvalue weighted by Crippen LogP contribution is 2.35. The van der Waals surface area contributed by atoms with E-state index in [0.717, 1.165) is 30.9 Å². The lowest BCUT2D eigenvalue weighted by Gasteiger charge is -2.34. The molecule has 0 amide bonds. The Kier molecular flexibility index (Phi) is 5.23. The molecular formula is C27H28FN3. The van der Waals surface area contributed by atoms with Crippen molar-refractivity contribution in [3.63, 3.8) is 0 Å². The molecule has 31 heavy (non-hydrogen) atoms. The van der Waals surface area contributed by atoms with Crippen LogP contribution in [0.25, 0.3) is 10.9 Å². The van der Waals surface area contributed by atoms with Crippen LogP contribution < -0.4 is 4.90 Å². The van der Waals surface area contributed by atoms with Gasteiger partial charge in [0.15, 0.2) is 5.82 Å². The molecular weight excluding hydrogens is 385 g/mol. The second kappa shape index (κ2) is 8.18. The Bertz CT molecular complexity index is 1190. The van der Waals surface area contributed by atoms with E-state index >= 15 is 0 Å². The molecule has 5 rings (SSSR count). The smallest absolute Gasteiger partial charge is 0.153 e. The number of pyridine rings is 1. The van der Waals surface area contributed by atoms with Crippen molar-refractivity contribution < 1.29 is 4.39 Å². The van der Waals surface area contributed by atoms with Gasteiger partial charge in [0.2, 0.25) is 0 Å². The van der Waals surface area contributed by atoms with E-state index in [1.54, 1.807) is 0 Å². The van der Waals surface area contributed by atoms with Crippen LogP contribution in [0.5, 0.6) is 0 Å². The molecule has 0 bridgehead atoms. The van der Waals surface area contributed by atoms with Gasteiger partial charge in [0.05, 0.1) is 5.52 Å². The maximum absolute atomic E-state index is 13.4. The van der Waals surface area contributed by atoms with Crippen molar-refractivity contribution in [2.75, 3.05) is 18.0 Å². The summed E-state index contributed by atoms with van der Waals surface area (Å²) >= 11 is 0. The third-order valence-electron chi connectivity index (χ3n) is 6.77. The van der Waals surface area contributed by atoms with Gasteiger partial charge >= 0.3 is 0 Å². The fourth-order valence-electron chi connectivity index (χ4n) is 4.94. The zero-order valence-corrected chi connectivity index (χ0v) is 18.2. The monoisotopic (exact) mass is 413 g/mol. The number of aromatic nitrogens is 2. The first-order valence-corrected chi connectivity index (χ1v) is 11.1. The van der Waals surface area contributed by atoms with Crippen molar-refractivity contribution in [2.24, 2.45) is 0 Å². The highest BCUT2D eigenvalue weighted by atomic mass is 19.1. The molecule has 3 nitrogen and oxygen atoms in total. The van der Waals surface area contributed by atoms with Gasteiger partial charge in [-0.3, -0.25) is 0 Å². The van der Waals surface area contributed by atoms with Gasteiger partial charge in [0.1, 0.15) is 5.82 Å². The summed E-state index contributed by atoms with van der Waals surface area (Å²) in [6, 6.07) is 19.8. The molecule has 1 unspecified atom stereocenters. The van der Waals surface area contributed by atoms with E-state index in [1.807, 2.05) is 18.3 Å². The average Bonchev–Trinajstić information content (AvgIpc) is 3.06. The van der Waals surface area contributed by atoms with Gasteiger partial charge in [0, 0.05) is 42.8 Å². The minimum Gasteiger partial charge on any atom is -0.354 e. The van der Waals surface area contributed by atoms with Gasteiger partial charge in [-0.15, -0.1) is 0 Å². The summed E-state index contributed by atoms with van der Waals surface area (Å²) in [6.07, 6.45) is 4.32. The summed E-state index contributed by atoms with van der Waals surface area (Å²) in [7, 11) is 0. The summed E-state index contributed by atoms with van der Waals surface area (Å²) in [6.45, 7) is 7.08. The fourth-order valence-corrected chi connectivity index (χ4v) is 4.94. The number of hydrogen-bond acceptors (Lipinski definition) is 2. The molecule has 4 aromatic rings. The quantitative estimate of drug-likeness (QED) is 0.396. The molecule has 1 fully saturated rings. The van der Waals surface area contributed by atoms with Crippen LogP contribution in [0.4, 0.5) is 10.2 Å². The zero-order chi connectivity index (χ0) is 21.4. The Morgan fingerprint density at radius 3 is 2.55 bits per heavy atom. The summed E-state index contributed by atoms with van der Waals surface area (Å²) < 4.78 is 15.8. The molecule has 2 aromatic carbocycles. The van der Waals surface area contributed by atoms with E-state index in [4.69, 9.17) is 4.98 Å². The first kappa shape index (κ1) is 19.8. The van der Waals surface area contributed by atoms with Gasteiger partial charge < -0.3 is 9.47 Å². The molecule has 0 N–H and O–H groups in total. The molecule has 0 saturated carbocycles. The van der Waals surface area contributed by atoms with Crippen LogP contribution in [0.2, 0.25) is 0 Å². The van der Waals surface area contributed by atoms with Gasteiger partial charge in [-0.2, -0.15) is 0 Å². The minimum atomic E-state index is -0.198. The van der Waals surface area contributed by atoms with Gasteiger partial charge in [-0.05, 0) is 61.6 Å². The average molecular weight is 414 g/mol. The number of aryl methyl sites for hydroxylation is 1. The van der Waals surface area contributed by atoms with Crippen molar-refractivity contribution in [3.05, 3.63) is 95.1 Å². The lowest BCUT2D eigenvalue weighted by atomic mass is 9.90. The number of rotatable bonds is 4. The summed E-state index contributed by atoms with van der Waals surface area (Å²) in [5.41, 5.74) is 6.23. The summed E-state index contributed by atoms with van der Waals surface area (Å²) in [5.74, 6) is 1.39. The summed E-state index contributed by atoms with van der Waals surface area (Å²) in [5, 5.41) is 1.26. The molecule has 2 aromatic heterocycles. The Hall–Kier alpha value is -3.14. The predicted molar refractivity (Wildman–Crippen MR) is 125 cm³/mol. The molecule has 0 aliphatic carbocycles. The molecule has 1 saturated heterocycles. The largest absolute Gasteiger partial charge is 0.354 e. The predicted octanol–water partition coefficient (Wildman–Crippen LogP) is 6.22. The van der Waals surface area contributed by atoms with Gasteiger partial charge in [0.25, 0.3) is 0 Å². The van der Waals surface area contributed by atoms with E-state index in [2.05, 4.69) is 59.7 Å². The third kappa shape index (κ3) is 3.71. The number of fused-ring (bicyclic) bond motifs is 1. The number of hydrogen-bond donors (Lipinski definition) is 0. The maximum atomic E-state index is 13.4. The second-order valence-electron chi connectivity index (χ2n) is 8.65. The lowest BCUT2D eigenvalue weighted by molar-refractivity contribution is 0.507. The number of anilines is 1. The Morgan fingerprint density at radius 2 is 1.77 bits per heavy atom. The fraction of sp³-hybridized carbons (Fsp3) is 0.296. The maximum Gasteiger partial charge on any atom is 0.153 e. The van der Waals surface area contributed by atoms with Gasteiger partial charge in [-0.25, -0.2) is 9.37 Å². The zero-order valence-electron chi connectivity index (χ0n) is 18.2. The highest BCUT2D eigenvalue weighted by Gasteiger charge is 2.25. The second-order valence-corrected chi connectivity index (χ2v) is 8.65. The summed E-state index contributed by atoms with van der Waals surface area (Å²) in [4.78, 5) is 7.34. The molecule has 1 aliphatic rings. The van der Waals surface area contributed by atoms with Crippen LogP contribution >= 0.6 is 0 Å². The van der Waals surface area contributed by atoms with Crippen LogP contribution in [0.15, 0.2) is 66.9 Å². The third-order valence-corrected chi connectivity index (χ3v) is 6.77. The van der Waals surface area contributed by atoms with E-state index in [0.29, 0.717) is 12.5 Å². The first-order chi connectivity index (χ1) is 15.1. The van der Waals surface area contributed by atoms with Crippen molar-refractivity contribution in [2.45, 2.75) is 39.2 Å². The number of nitrogens with zero attached hydrogens (tertiary/aromatic N) is 3.